The molecule has 0 bridgehead atoms. The van der Waals surface area contributed by atoms with Gasteiger partial charge in [0.05, 0.1) is 5.71 Å². The van der Waals surface area contributed by atoms with Crippen molar-refractivity contribution in [2.45, 2.75) is 31.7 Å². The smallest absolute Gasteiger partial charge is 0.417 e. The Balaban J connectivity index is 1.44. The summed E-state index contributed by atoms with van der Waals surface area (Å²) in [6.45, 7) is 1.92. The van der Waals surface area contributed by atoms with Crippen LogP contribution in [0, 0.1) is 0 Å². The Kier molecular flexibility index (Phi) is 6.06. The number of aromatic nitrogens is 1. The summed E-state index contributed by atoms with van der Waals surface area (Å²) in [5.74, 6) is 0.776. The molecule has 3 heterocycles. The Morgan fingerprint density at radius 1 is 1.12 bits per heavy atom. The molecule has 0 radical (unpaired) electrons. The first-order valence-corrected chi connectivity index (χ1v) is 11.6. The summed E-state index contributed by atoms with van der Waals surface area (Å²) >= 11 is 0. The van der Waals surface area contributed by atoms with Crippen molar-refractivity contribution in [3.8, 4) is 28.4 Å². The van der Waals surface area contributed by atoms with Crippen LogP contribution in [0.5, 0.6) is 5.95 Å². The molecule has 2 aliphatic rings. The van der Waals surface area contributed by atoms with Crippen LogP contribution < -0.4 is 4.74 Å². The van der Waals surface area contributed by atoms with E-state index in [0.717, 1.165) is 60.2 Å². The normalized spacial score (nSPS) is 17.6. The molecule has 1 N–H and O–H groups in total. The van der Waals surface area contributed by atoms with Crippen molar-refractivity contribution < 1.29 is 19.2 Å². The lowest BCUT2D eigenvalue weighted by Crippen LogP contribution is -2.45. The third-order valence-corrected chi connectivity index (χ3v) is 6.84. The Morgan fingerprint density at radius 3 is 2.62 bits per heavy atom. The summed E-state index contributed by atoms with van der Waals surface area (Å²) in [5, 5.41) is 12.7. The van der Waals surface area contributed by atoms with Gasteiger partial charge in [0.15, 0.2) is 0 Å². The molecule has 176 valence electrons. The molecule has 1 aliphatic heterocycles. The summed E-state index contributed by atoms with van der Waals surface area (Å²) in [6, 6.07) is 11.6. The fraction of sp³-hybridized carbons (Fsp3) is 0.346. The van der Waals surface area contributed by atoms with Crippen LogP contribution in [0.4, 0.5) is 4.79 Å². The number of carbonyl (C=O) groups is 1. The van der Waals surface area contributed by atoms with E-state index >= 15 is 0 Å². The zero-order valence-corrected chi connectivity index (χ0v) is 19.4. The van der Waals surface area contributed by atoms with E-state index in [0.29, 0.717) is 17.9 Å². The number of hydrogen-bond donors (Lipinski definition) is 1. The first-order chi connectivity index (χ1) is 16.5. The molecule has 1 aromatic carbocycles. The van der Waals surface area contributed by atoms with Gasteiger partial charge in [-0.05, 0) is 75.1 Å². The number of piperidine rings is 1. The fourth-order valence-corrected chi connectivity index (χ4v) is 4.78. The maximum atomic E-state index is 12.9. The molecule has 0 atom stereocenters. The topological polar surface area (TPSA) is 91.4 Å². The Labute approximate surface area is 198 Å². The standard InChI is InChI=1S/C26H28N4O4/c1-29-13-9-20(10-14-29)30(2)26(31)34-24-16-22(17-7-11-27-12-8-17)25(33-24)19-3-5-21-18(15-19)4-6-23(21)28-32/h3,5,7-8,11-12,15-16,20,32H,4,6,9-10,13-14H2,1-2H3. The summed E-state index contributed by atoms with van der Waals surface area (Å²) < 4.78 is 11.8. The SMILES string of the molecule is CN1CCC(N(C)C(=O)Oc2cc(-c3ccncc3)c(-c3ccc4c(c3)CCC4=NO)o2)CC1. The number of likely N-dealkylation sites (tertiary alicyclic amines) is 1. The molecule has 1 aliphatic carbocycles. The van der Waals surface area contributed by atoms with Crippen LogP contribution in [0.15, 0.2) is 58.4 Å². The third kappa shape index (κ3) is 4.28. The van der Waals surface area contributed by atoms with Gasteiger partial charge in [-0.3, -0.25) is 4.98 Å². The van der Waals surface area contributed by atoms with Crippen molar-refractivity contribution >= 4 is 11.8 Å². The van der Waals surface area contributed by atoms with E-state index in [4.69, 9.17) is 9.15 Å². The van der Waals surface area contributed by atoms with Crippen molar-refractivity contribution in [2.24, 2.45) is 5.16 Å². The number of nitrogens with zero attached hydrogens (tertiary/aromatic N) is 4. The van der Waals surface area contributed by atoms with E-state index in [1.165, 1.54) is 0 Å². The lowest BCUT2D eigenvalue weighted by atomic mass is 10.00. The van der Waals surface area contributed by atoms with Gasteiger partial charge in [0.25, 0.3) is 5.95 Å². The van der Waals surface area contributed by atoms with Crippen LogP contribution >= 0.6 is 0 Å². The molecule has 34 heavy (non-hydrogen) atoms. The molecule has 3 aromatic rings. The lowest BCUT2D eigenvalue weighted by Gasteiger charge is -2.34. The van der Waals surface area contributed by atoms with Crippen molar-refractivity contribution in [3.63, 3.8) is 0 Å². The van der Waals surface area contributed by atoms with Crippen molar-refractivity contribution in [1.29, 1.82) is 0 Å². The van der Waals surface area contributed by atoms with Crippen LogP contribution in [0.1, 0.15) is 30.4 Å². The first kappa shape index (κ1) is 22.2. The minimum Gasteiger partial charge on any atom is -0.425 e. The van der Waals surface area contributed by atoms with E-state index in [1.807, 2.05) is 30.3 Å². The van der Waals surface area contributed by atoms with Gasteiger partial charge in [-0.25, -0.2) is 4.79 Å². The van der Waals surface area contributed by atoms with Gasteiger partial charge in [0.2, 0.25) is 0 Å². The van der Waals surface area contributed by atoms with Crippen LogP contribution in [-0.4, -0.2) is 65.0 Å². The zero-order chi connectivity index (χ0) is 23.7. The molecule has 8 heteroatoms. The number of benzene rings is 1. The lowest BCUT2D eigenvalue weighted by molar-refractivity contribution is 0.110. The fourth-order valence-electron chi connectivity index (χ4n) is 4.78. The van der Waals surface area contributed by atoms with E-state index in [-0.39, 0.29) is 12.0 Å². The molecule has 0 spiro atoms. The van der Waals surface area contributed by atoms with Gasteiger partial charge in [-0.2, -0.15) is 0 Å². The van der Waals surface area contributed by atoms with Gasteiger partial charge < -0.3 is 24.2 Å². The van der Waals surface area contributed by atoms with Gasteiger partial charge in [-0.15, -0.1) is 0 Å². The van der Waals surface area contributed by atoms with E-state index in [2.05, 4.69) is 22.1 Å². The minimum absolute atomic E-state index is 0.150. The minimum atomic E-state index is -0.422. The largest absolute Gasteiger partial charge is 0.425 e. The van der Waals surface area contributed by atoms with Gasteiger partial charge in [-0.1, -0.05) is 17.3 Å². The van der Waals surface area contributed by atoms with Crippen molar-refractivity contribution in [1.82, 2.24) is 14.8 Å². The van der Waals surface area contributed by atoms with Crippen molar-refractivity contribution in [3.05, 3.63) is 59.9 Å². The summed E-state index contributed by atoms with van der Waals surface area (Å²) in [7, 11) is 3.88. The van der Waals surface area contributed by atoms with E-state index in [9.17, 15) is 10.0 Å². The van der Waals surface area contributed by atoms with Crippen LogP contribution in [0.2, 0.25) is 0 Å². The molecule has 1 amide bonds. The number of aryl methyl sites for hydroxylation is 1. The highest BCUT2D eigenvalue weighted by Crippen LogP contribution is 2.39. The number of oxime groups is 1. The highest BCUT2D eigenvalue weighted by Gasteiger charge is 2.27. The molecule has 1 fully saturated rings. The Hall–Kier alpha value is -3.65. The Bertz CT molecular complexity index is 1210. The molecule has 8 nitrogen and oxygen atoms in total. The Morgan fingerprint density at radius 2 is 1.88 bits per heavy atom. The second-order valence-electron chi connectivity index (χ2n) is 8.98. The summed E-state index contributed by atoms with van der Waals surface area (Å²) in [5.41, 5.74) is 5.36. The number of carbonyl (C=O) groups excluding carboxylic acids is 1. The van der Waals surface area contributed by atoms with Crippen LogP contribution in [-0.2, 0) is 6.42 Å². The molecule has 2 aromatic heterocycles. The monoisotopic (exact) mass is 460 g/mol. The average Bonchev–Trinajstić information content (AvgIpc) is 3.48. The second kappa shape index (κ2) is 9.30. The van der Waals surface area contributed by atoms with E-state index < -0.39 is 6.09 Å². The molecule has 1 saturated heterocycles. The predicted octanol–water partition coefficient (Wildman–Crippen LogP) is 4.66. The average molecular weight is 461 g/mol. The number of ether oxygens (including phenoxy) is 1. The van der Waals surface area contributed by atoms with Gasteiger partial charge in [0, 0.05) is 48.2 Å². The maximum Gasteiger partial charge on any atom is 0.417 e. The number of rotatable bonds is 4. The van der Waals surface area contributed by atoms with Crippen LogP contribution in [0.3, 0.4) is 0 Å². The maximum absolute atomic E-state index is 12.9. The zero-order valence-electron chi connectivity index (χ0n) is 19.4. The van der Waals surface area contributed by atoms with E-state index in [1.54, 1.807) is 30.4 Å². The van der Waals surface area contributed by atoms with Crippen molar-refractivity contribution in [2.75, 3.05) is 27.2 Å². The number of pyridine rings is 1. The molecule has 5 rings (SSSR count). The number of amides is 1. The second-order valence-corrected chi connectivity index (χ2v) is 8.98. The van der Waals surface area contributed by atoms with Crippen LogP contribution in [0.25, 0.3) is 22.5 Å². The first-order valence-electron chi connectivity index (χ1n) is 11.6. The quantitative estimate of drug-likeness (QED) is 0.450. The predicted molar refractivity (Wildman–Crippen MR) is 128 cm³/mol. The summed E-state index contributed by atoms with van der Waals surface area (Å²) in [6.07, 6.45) is 6.36. The molecule has 0 unspecified atom stereocenters. The molecule has 0 saturated carbocycles. The number of furan rings is 1. The highest BCUT2D eigenvalue weighted by molar-refractivity contribution is 6.04. The summed E-state index contributed by atoms with van der Waals surface area (Å²) in [4.78, 5) is 20.9. The molecular weight excluding hydrogens is 432 g/mol. The highest BCUT2D eigenvalue weighted by atomic mass is 16.6. The number of hydrogen-bond acceptors (Lipinski definition) is 7. The van der Waals surface area contributed by atoms with Gasteiger partial charge >= 0.3 is 6.09 Å². The number of fused-ring (bicyclic) bond motifs is 1. The van der Waals surface area contributed by atoms with Gasteiger partial charge in [0.1, 0.15) is 5.76 Å². The molecular formula is C26H28N4O4. The third-order valence-electron chi connectivity index (χ3n) is 6.84.